The van der Waals surface area contributed by atoms with Crippen LogP contribution in [0.3, 0.4) is 0 Å². The third kappa shape index (κ3) is 4.64. The number of amides is 1. The summed E-state index contributed by atoms with van der Waals surface area (Å²) in [5.41, 5.74) is 2.91. The molecule has 2 aliphatic heterocycles. The lowest BCUT2D eigenvalue weighted by Crippen LogP contribution is -2.50. The van der Waals surface area contributed by atoms with E-state index in [4.69, 9.17) is 4.74 Å². The minimum atomic E-state index is -0.646. The van der Waals surface area contributed by atoms with Gasteiger partial charge in [0.2, 0.25) is 5.88 Å². The Morgan fingerprint density at radius 3 is 2.93 bits per heavy atom. The summed E-state index contributed by atoms with van der Waals surface area (Å²) < 4.78 is 5.65. The molecule has 1 unspecified atom stereocenters. The Balaban J connectivity index is 1.25. The summed E-state index contributed by atoms with van der Waals surface area (Å²) in [4.78, 5) is 22.6. The number of rotatable bonds is 7. The molecule has 148 valence electrons. The Hall–Kier alpha value is -2.55. The number of nitrogens with zero attached hydrogens (tertiary/aromatic N) is 3. The average molecular weight is 383 g/mol. The van der Waals surface area contributed by atoms with Crippen molar-refractivity contribution in [3.8, 4) is 5.88 Å². The first-order valence-electron chi connectivity index (χ1n) is 9.62. The summed E-state index contributed by atoms with van der Waals surface area (Å²) in [5, 5.41) is 16.2. The van der Waals surface area contributed by atoms with Crippen molar-refractivity contribution in [2.45, 2.75) is 25.2 Å². The lowest BCUT2D eigenvalue weighted by molar-refractivity contribution is 0.0836. The Bertz CT molecular complexity index is 827. The second-order valence-electron chi connectivity index (χ2n) is 7.26. The van der Waals surface area contributed by atoms with E-state index in [-0.39, 0.29) is 24.2 Å². The second kappa shape index (κ2) is 8.64. The molecule has 2 aromatic rings. The molecular formula is C20H25N5O3. The molecule has 0 bridgehead atoms. The van der Waals surface area contributed by atoms with E-state index in [9.17, 15) is 9.90 Å². The maximum Gasteiger partial charge on any atom is 0.270 e. The van der Waals surface area contributed by atoms with Crippen LogP contribution in [0.2, 0.25) is 0 Å². The number of ether oxygens (including phenoxy) is 1. The molecule has 3 N–H and O–H groups in total. The number of hydrogen-bond donors (Lipinski definition) is 3. The van der Waals surface area contributed by atoms with E-state index in [0.29, 0.717) is 12.4 Å². The lowest BCUT2D eigenvalue weighted by Gasteiger charge is -2.30. The van der Waals surface area contributed by atoms with Crippen molar-refractivity contribution in [2.75, 3.05) is 32.7 Å². The summed E-state index contributed by atoms with van der Waals surface area (Å²) in [6, 6.07) is 9.92. The lowest BCUT2D eigenvalue weighted by atomic mass is 10.00. The Morgan fingerprint density at radius 2 is 2.14 bits per heavy atom. The molecule has 0 aliphatic carbocycles. The van der Waals surface area contributed by atoms with Gasteiger partial charge < -0.3 is 20.5 Å². The quantitative estimate of drug-likeness (QED) is 0.618. The number of β-amino-alcohol motifs (C(OH)–C–C–N with tert-alkyl or cyclic N) is 1. The molecule has 4 rings (SSSR count). The van der Waals surface area contributed by atoms with Crippen molar-refractivity contribution >= 4 is 5.91 Å². The zero-order valence-corrected chi connectivity index (χ0v) is 15.7. The van der Waals surface area contributed by atoms with Crippen molar-refractivity contribution in [3.63, 3.8) is 0 Å². The fourth-order valence-electron chi connectivity index (χ4n) is 3.42. The first-order valence-corrected chi connectivity index (χ1v) is 9.62. The SMILES string of the molecule is O=C(NCC(O)CN1CCc2ccccc2C1)c1cc(OC2CNC2)ncn1. The van der Waals surface area contributed by atoms with Crippen LogP contribution in [0.25, 0.3) is 0 Å². The molecule has 8 nitrogen and oxygen atoms in total. The molecule has 0 spiro atoms. The van der Waals surface area contributed by atoms with Gasteiger partial charge in [-0.1, -0.05) is 24.3 Å². The highest BCUT2D eigenvalue weighted by Gasteiger charge is 2.21. The van der Waals surface area contributed by atoms with Crippen molar-refractivity contribution in [2.24, 2.45) is 0 Å². The first kappa shape index (κ1) is 18.8. The molecular weight excluding hydrogens is 358 g/mol. The normalized spacial score (nSPS) is 18.0. The van der Waals surface area contributed by atoms with Gasteiger partial charge in [-0.05, 0) is 17.5 Å². The van der Waals surface area contributed by atoms with E-state index in [1.54, 1.807) is 0 Å². The molecule has 1 fully saturated rings. The number of aromatic nitrogens is 2. The smallest absolute Gasteiger partial charge is 0.270 e. The molecule has 0 radical (unpaired) electrons. The van der Waals surface area contributed by atoms with Crippen molar-refractivity contribution in [1.29, 1.82) is 0 Å². The van der Waals surface area contributed by atoms with Gasteiger partial charge in [-0.15, -0.1) is 0 Å². The number of aliphatic hydroxyl groups is 1. The van der Waals surface area contributed by atoms with Crippen molar-refractivity contribution in [1.82, 2.24) is 25.5 Å². The number of aliphatic hydroxyl groups excluding tert-OH is 1. The molecule has 28 heavy (non-hydrogen) atoms. The van der Waals surface area contributed by atoms with E-state index in [1.165, 1.54) is 23.5 Å². The minimum Gasteiger partial charge on any atom is -0.472 e. The molecule has 8 heteroatoms. The molecule has 1 aromatic heterocycles. The number of carbonyl (C=O) groups is 1. The minimum absolute atomic E-state index is 0.0855. The zero-order chi connectivity index (χ0) is 19.3. The Morgan fingerprint density at radius 1 is 1.32 bits per heavy atom. The highest BCUT2D eigenvalue weighted by molar-refractivity contribution is 5.92. The average Bonchev–Trinajstić information content (AvgIpc) is 2.69. The number of benzene rings is 1. The van der Waals surface area contributed by atoms with Gasteiger partial charge in [0.25, 0.3) is 5.91 Å². The van der Waals surface area contributed by atoms with Crippen LogP contribution in [0.5, 0.6) is 5.88 Å². The monoisotopic (exact) mass is 383 g/mol. The summed E-state index contributed by atoms with van der Waals surface area (Å²) in [6.45, 7) is 3.97. The van der Waals surface area contributed by atoms with Gasteiger partial charge in [-0.2, -0.15) is 0 Å². The first-order chi connectivity index (χ1) is 13.7. The van der Waals surface area contributed by atoms with Gasteiger partial charge in [0.15, 0.2) is 0 Å². The predicted molar refractivity (Wildman–Crippen MR) is 103 cm³/mol. The summed E-state index contributed by atoms with van der Waals surface area (Å²) in [5.74, 6) is 0.0428. The van der Waals surface area contributed by atoms with Crippen LogP contribution in [0.15, 0.2) is 36.7 Å². The maximum absolute atomic E-state index is 12.3. The largest absolute Gasteiger partial charge is 0.472 e. The van der Waals surface area contributed by atoms with Gasteiger partial charge in [-0.25, -0.2) is 9.97 Å². The van der Waals surface area contributed by atoms with E-state index in [2.05, 4.69) is 43.7 Å². The molecule has 2 aliphatic rings. The van der Waals surface area contributed by atoms with Crippen LogP contribution in [0.1, 0.15) is 21.6 Å². The second-order valence-corrected chi connectivity index (χ2v) is 7.26. The third-order valence-electron chi connectivity index (χ3n) is 5.08. The highest BCUT2D eigenvalue weighted by atomic mass is 16.5. The van der Waals surface area contributed by atoms with Crippen LogP contribution in [-0.2, 0) is 13.0 Å². The standard InChI is InChI=1S/C20H25N5O3/c26-16(12-25-6-5-14-3-1-2-4-15(14)11-25)8-22-20(27)18-7-19(24-13-23-18)28-17-9-21-10-17/h1-4,7,13,16-17,21,26H,5-6,8-12H2,(H,22,27). The fraction of sp³-hybridized carbons (Fsp3) is 0.450. The van der Waals surface area contributed by atoms with Crippen LogP contribution in [0, 0.1) is 0 Å². The molecule has 1 aromatic carbocycles. The highest BCUT2D eigenvalue weighted by Crippen LogP contribution is 2.18. The molecule has 1 atom stereocenters. The van der Waals surface area contributed by atoms with Crippen LogP contribution >= 0.6 is 0 Å². The molecule has 3 heterocycles. The summed E-state index contributed by atoms with van der Waals surface area (Å²) in [7, 11) is 0. The molecule has 1 saturated heterocycles. The number of nitrogens with one attached hydrogen (secondary N) is 2. The van der Waals surface area contributed by atoms with Gasteiger partial charge >= 0.3 is 0 Å². The van der Waals surface area contributed by atoms with Crippen LogP contribution in [-0.4, -0.2) is 70.8 Å². The molecule has 0 saturated carbocycles. The zero-order valence-electron chi connectivity index (χ0n) is 15.7. The van der Waals surface area contributed by atoms with Crippen molar-refractivity contribution < 1.29 is 14.6 Å². The van der Waals surface area contributed by atoms with Gasteiger partial charge in [0.05, 0.1) is 6.10 Å². The number of carbonyl (C=O) groups excluding carboxylic acids is 1. The number of hydrogen-bond acceptors (Lipinski definition) is 7. The van der Waals surface area contributed by atoms with E-state index in [0.717, 1.165) is 32.6 Å². The topological polar surface area (TPSA) is 99.6 Å². The van der Waals surface area contributed by atoms with Gasteiger partial charge in [0.1, 0.15) is 18.1 Å². The summed E-state index contributed by atoms with van der Waals surface area (Å²) >= 11 is 0. The Labute approximate surface area is 163 Å². The predicted octanol–water partition coefficient (Wildman–Crippen LogP) is -0.0238. The van der Waals surface area contributed by atoms with E-state index in [1.807, 2.05) is 6.07 Å². The summed E-state index contributed by atoms with van der Waals surface area (Å²) in [6.07, 6.45) is 1.74. The molecule has 1 amide bonds. The van der Waals surface area contributed by atoms with Gasteiger partial charge in [0, 0.05) is 45.3 Å². The Kier molecular flexibility index (Phi) is 5.80. The van der Waals surface area contributed by atoms with Crippen molar-refractivity contribution in [3.05, 3.63) is 53.5 Å². The van der Waals surface area contributed by atoms with Crippen LogP contribution < -0.4 is 15.4 Å². The van der Waals surface area contributed by atoms with Crippen LogP contribution in [0.4, 0.5) is 0 Å². The van der Waals surface area contributed by atoms with Gasteiger partial charge in [-0.3, -0.25) is 9.69 Å². The fourth-order valence-corrected chi connectivity index (χ4v) is 3.42. The number of fused-ring (bicyclic) bond motifs is 1. The maximum atomic E-state index is 12.3. The third-order valence-corrected chi connectivity index (χ3v) is 5.08. The van der Waals surface area contributed by atoms with E-state index < -0.39 is 6.10 Å². The van der Waals surface area contributed by atoms with E-state index >= 15 is 0 Å².